The van der Waals surface area contributed by atoms with Gasteiger partial charge in [0.2, 0.25) is 0 Å². The van der Waals surface area contributed by atoms with E-state index in [0.717, 1.165) is 5.69 Å². The van der Waals surface area contributed by atoms with E-state index in [1.54, 1.807) is 12.3 Å². The first kappa shape index (κ1) is 13.3. The SMILES string of the molecule is O=C(NCCc1ccccn1)c1cc(Cl)sc1Cl. The van der Waals surface area contributed by atoms with Crippen molar-refractivity contribution in [3.63, 3.8) is 0 Å². The average molecular weight is 301 g/mol. The number of nitrogens with one attached hydrogen (secondary N) is 1. The summed E-state index contributed by atoms with van der Waals surface area (Å²) in [5.41, 5.74) is 1.36. The van der Waals surface area contributed by atoms with Crippen LogP contribution in [0.3, 0.4) is 0 Å². The van der Waals surface area contributed by atoms with E-state index in [1.165, 1.54) is 11.3 Å². The topological polar surface area (TPSA) is 42.0 Å². The maximum Gasteiger partial charge on any atom is 0.253 e. The molecule has 0 saturated heterocycles. The first-order valence-electron chi connectivity index (χ1n) is 5.30. The molecular weight excluding hydrogens is 291 g/mol. The number of rotatable bonds is 4. The number of halogens is 2. The number of amides is 1. The molecule has 0 spiro atoms. The third kappa shape index (κ3) is 3.45. The molecular formula is C12H10Cl2N2OS. The molecule has 1 amide bonds. The Kier molecular flexibility index (Phi) is 4.58. The molecule has 0 unspecified atom stereocenters. The molecule has 0 bridgehead atoms. The van der Waals surface area contributed by atoms with Crippen LogP contribution in [0, 0.1) is 0 Å². The molecule has 0 radical (unpaired) electrons. The van der Waals surface area contributed by atoms with Crippen molar-refractivity contribution in [1.29, 1.82) is 0 Å². The summed E-state index contributed by atoms with van der Waals surface area (Å²) in [6.07, 6.45) is 2.41. The summed E-state index contributed by atoms with van der Waals surface area (Å²) >= 11 is 12.9. The van der Waals surface area contributed by atoms with Gasteiger partial charge >= 0.3 is 0 Å². The molecule has 2 aromatic rings. The maximum absolute atomic E-state index is 11.8. The number of thiophene rings is 1. The predicted molar refractivity (Wildman–Crippen MR) is 74.6 cm³/mol. The second-order valence-corrected chi connectivity index (χ2v) is 5.85. The van der Waals surface area contributed by atoms with Crippen molar-refractivity contribution >= 4 is 40.4 Å². The van der Waals surface area contributed by atoms with Crippen molar-refractivity contribution in [2.24, 2.45) is 0 Å². The quantitative estimate of drug-likeness (QED) is 0.940. The van der Waals surface area contributed by atoms with Crippen LogP contribution in [-0.2, 0) is 6.42 Å². The van der Waals surface area contributed by atoms with Gasteiger partial charge in [-0.05, 0) is 18.2 Å². The van der Waals surface area contributed by atoms with E-state index in [2.05, 4.69) is 10.3 Å². The fraction of sp³-hybridized carbons (Fsp3) is 0.167. The van der Waals surface area contributed by atoms with Gasteiger partial charge in [-0.2, -0.15) is 0 Å². The molecule has 0 atom stereocenters. The minimum Gasteiger partial charge on any atom is -0.352 e. The van der Waals surface area contributed by atoms with Crippen molar-refractivity contribution in [2.45, 2.75) is 6.42 Å². The highest BCUT2D eigenvalue weighted by Crippen LogP contribution is 2.30. The minimum atomic E-state index is -0.209. The van der Waals surface area contributed by atoms with Crippen LogP contribution in [0.25, 0.3) is 0 Å². The van der Waals surface area contributed by atoms with Crippen LogP contribution in [0.4, 0.5) is 0 Å². The summed E-state index contributed by atoms with van der Waals surface area (Å²) in [5.74, 6) is -0.209. The lowest BCUT2D eigenvalue weighted by Crippen LogP contribution is -2.25. The van der Waals surface area contributed by atoms with Gasteiger partial charge in [-0.1, -0.05) is 29.3 Å². The van der Waals surface area contributed by atoms with Gasteiger partial charge in [-0.3, -0.25) is 9.78 Å². The Bertz CT molecular complexity index is 542. The zero-order chi connectivity index (χ0) is 13.0. The number of hydrogen-bond acceptors (Lipinski definition) is 3. The molecule has 0 aliphatic rings. The highest BCUT2D eigenvalue weighted by Gasteiger charge is 2.13. The monoisotopic (exact) mass is 300 g/mol. The van der Waals surface area contributed by atoms with Crippen LogP contribution < -0.4 is 5.32 Å². The van der Waals surface area contributed by atoms with Gasteiger partial charge in [0.15, 0.2) is 0 Å². The number of carbonyl (C=O) groups is 1. The Labute approximate surface area is 119 Å². The molecule has 0 aliphatic carbocycles. The first-order chi connectivity index (χ1) is 8.66. The Balaban J connectivity index is 1.87. The summed E-state index contributed by atoms with van der Waals surface area (Å²) < 4.78 is 0.921. The molecule has 2 aromatic heterocycles. The van der Waals surface area contributed by atoms with E-state index < -0.39 is 0 Å². The van der Waals surface area contributed by atoms with Crippen LogP contribution in [0.15, 0.2) is 30.5 Å². The minimum absolute atomic E-state index is 0.209. The van der Waals surface area contributed by atoms with Gasteiger partial charge in [0.25, 0.3) is 5.91 Å². The summed E-state index contributed by atoms with van der Waals surface area (Å²) in [7, 11) is 0. The second kappa shape index (κ2) is 6.18. The van der Waals surface area contributed by atoms with E-state index in [0.29, 0.717) is 27.2 Å². The maximum atomic E-state index is 11.8. The second-order valence-electron chi connectivity index (χ2n) is 3.56. The van der Waals surface area contributed by atoms with Gasteiger partial charge in [0, 0.05) is 24.9 Å². The fourth-order valence-electron chi connectivity index (χ4n) is 1.44. The Morgan fingerprint density at radius 3 is 2.83 bits per heavy atom. The zero-order valence-electron chi connectivity index (χ0n) is 9.32. The molecule has 0 fully saturated rings. The normalized spacial score (nSPS) is 10.3. The van der Waals surface area contributed by atoms with Crippen molar-refractivity contribution < 1.29 is 4.79 Å². The van der Waals surface area contributed by atoms with Crippen molar-refractivity contribution in [1.82, 2.24) is 10.3 Å². The standard InChI is InChI=1S/C12H10Cl2N2OS/c13-10-7-9(11(14)18-10)12(17)16-6-4-8-3-1-2-5-15-8/h1-3,5,7H,4,6H2,(H,16,17). The van der Waals surface area contributed by atoms with Crippen molar-refractivity contribution in [3.8, 4) is 0 Å². The zero-order valence-corrected chi connectivity index (χ0v) is 11.6. The molecule has 0 saturated carbocycles. The molecule has 2 rings (SSSR count). The van der Waals surface area contributed by atoms with Crippen LogP contribution in [-0.4, -0.2) is 17.4 Å². The molecule has 3 nitrogen and oxygen atoms in total. The summed E-state index contributed by atoms with van der Waals surface area (Å²) in [6.45, 7) is 0.514. The molecule has 18 heavy (non-hydrogen) atoms. The lowest BCUT2D eigenvalue weighted by atomic mass is 10.2. The fourth-order valence-corrected chi connectivity index (χ4v) is 2.90. The van der Waals surface area contributed by atoms with Crippen LogP contribution in [0.5, 0.6) is 0 Å². The number of hydrogen-bond donors (Lipinski definition) is 1. The summed E-state index contributed by atoms with van der Waals surface area (Å²) in [5, 5.41) is 2.79. The Morgan fingerprint density at radius 2 is 2.22 bits per heavy atom. The molecule has 0 aromatic carbocycles. The first-order valence-corrected chi connectivity index (χ1v) is 6.87. The average Bonchev–Trinajstić information content (AvgIpc) is 2.70. The number of pyridine rings is 1. The van der Waals surface area contributed by atoms with Gasteiger partial charge in [-0.25, -0.2) is 0 Å². The van der Waals surface area contributed by atoms with E-state index >= 15 is 0 Å². The third-order valence-electron chi connectivity index (χ3n) is 2.29. The highest BCUT2D eigenvalue weighted by atomic mass is 35.5. The van der Waals surface area contributed by atoms with Crippen LogP contribution in [0.2, 0.25) is 8.67 Å². The Morgan fingerprint density at radius 1 is 1.39 bits per heavy atom. The van der Waals surface area contributed by atoms with Crippen molar-refractivity contribution in [2.75, 3.05) is 6.54 Å². The molecule has 6 heteroatoms. The lowest BCUT2D eigenvalue weighted by Gasteiger charge is -2.03. The number of carbonyl (C=O) groups excluding carboxylic acids is 1. The van der Waals surface area contributed by atoms with Gasteiger partial charge in [0.1, 0.15) is 4.34 Å². The Hall–Kier alpha value is -1.10. The van der Waals surface area contributed by atoms with E-state index in [4.69, 9.17) is 23.2 Å². The van der Waals surface area contributed by atoms with Crippen LogP contribution in [0.1, 0.15) is 16.1 Å². The number of aromatic nitrogens is 1. The smallest absolute Gasteiger partial charge is 0.253 e. The third-order valence-corrected chi connectivity index (χ3v) is 3.78. The molecule has 2 heterocycles. The van der Waals surface area contributed by atoms with Gasteiger partial charge in [-0.15, -0.1) is 11.3 Å². The van der Waals surface area contributed by atoms with E-state index in [-0.39, 0.29) is 5.91 Å². The van der Waals surface area contributed by atoms with E-state index in [1.807, 2.05) is 18.2 Å². The largest absolute Gasteiger partial charge is 0.352 e. The molecule has 94 valence electrons. The molecule has 0 aliphatic heterocycles. The van der Waals surface area contributed by atoms with Crippen LogP contribution >= 0.6 is 34.5 Å². The molecule has 1 N–H and O–H groups in total. The highest BCUT2D eigenvalue weighted by molar-refractivity contribution is 7.20. The summed E-state index contributed by atoms with van der Waals surface area (Å²) in [4.78, 5) is 16.0. The predicted octanol–water partition coefficient (Wildman–Crippen LogP) is 3.42. The van der Waals surface area contributed by atoms with Crippen molar-refractivity contribution in [3.05, 3.63) is 50.4 Å². The van der Waals surface area contributed by atoms with Gasteiger partial charge in [0.05, 0.1) is 9.90 Å². The van der Waals surface area contributed by atoms with Gasteiger partial charge < -0.3 is 5.32 Å². The van der Waals surface area contributed by atoms with E-state index in [9.17, 15) is 4.79 Å². The lowest BCUT2D eigenvalue weighted by molar-refractivity contribution is 0.0954. The summed E-state index contributed by atoms with van der Waals surface area (Å²) in [6, 6.07) is 7.26. The number of nitrogens with zero attached hydrogens (tertiary/aromatic N) is 1.